The fraction of sp³-hybridized carbons (Fsp3) is 0.562. The number of likely N-dealkylation sites (tertiary alicyclic amines) is 1. The van der Waals surface area contributed by atoms with E-state index in [1.54, 1.807) is 12.1 Å². The topological polar surface area (TPSA) is 38.8 Å². The predicted octanol–water partition coefficient (Wildman–Crippen LogP) is 2.90. The Morgan fingerprint density at radius 1 is 1.27 bits per heavy atom. The molecule has 2 rings (SSSR count). The van der Waals surface area contributed by atoms with Crippen LogP contribution in [0.3, 0.4) is 0 Å². The zero-order valence-electron chi connectivity index (χ0n) is 12.8. The first-order chi connectivity index (χ1) is 10.2. The van der Waals surface area contributed by atoms with Crippen LogP contribution in [0, 0.1) is 11.7 Å². The van der Waals surface area contributed by atoms with Crippen LogP contribution in [0.1, 0.15) is 19.8 Å². The number of carbonyl (C=O) groups excluding carboxylic acids is 1. The molecule has 4 nitrogen and oxygen atoms in total. The number of hydrogen-bond donors (Lipinski definition) is 0. The molecule has 0 aromatic heterocycles. The Morgan fingerprint density at radius 3 is 2.50 bits per heavy atom. The van der Waals surface area contributed by atoms with E-state index in [2.05, 4.69) is 4.90 Å². The van der Waals surface area contributed by atoms with Crippen molar-refractivity contribution >= 4 is 18.4 Å². The second-order valence-corrected chi connectivity index (χ2v) is 5.17. The molecule has 6 heteroatoms. The lowest BCUT2D eigenvalue weighted by Gasteiger charge is -2.30. The lowest BCUT2D eigenvalue weighted by atomic mass is 9.97. The molecule has 124 valence electrons. The van der Waals surface area contributed by atoms with Gasteiger partial charge in [0.2, 0.25) is 0 Å². The number of esters is 1. The number of hydrogen-bond acceptors (Lipinski definition) is 4. The molecule has 22 heavy (non-hydrogen) atoms. The Morgan fingerprint density at radius 2 is 1.91 bits per heavy atom. The largest absolute Gasteiger partial charge is 0.492 e. The molecule has 1 heterocycles. The van der Waals surface area contributed by atoms with Gasteiger partial charge in [-0.1, -0.05) is 0 Å². The lowest BCUT2D eigenvalue weighted by Crippen LogP contribution is -2.39. The number of piperidine rings is 1. The molecular weight excluding hydrogens is 309 g/mol. The van der Waals surface area contributed by atoms with Gasteiger partial charge in [-0.3, -0.25) is 9.69 Å². The van der Waals surface area contributed by atoms with Gasteiger partial charge in [-0.25, -0.2) is 4.39 Å². The van der Waals surface area contributed by atoms with Crippen molar-refractivity contribution in [2.24, 2.45) is 5.92 Å². The average Bonchev–Trinajstić information content (AvgIpc) is 2.50. The van der Waals surface area contributed by atoms with E-state index in [4.69, 9.17) is 9.47 Å². The van der Waals surface area contributed by atoms with E-state index in [1.165, 1.54) is 12.1 Å². The van der Waals surface area contributed by atoms with Crippen molar-refractivity contribution in [1.82, 2.24) is 4.90 Å². The van der Waals surface area contributed by atoms with Crippen molar-refractivity contribution in [2.45, 2.75) is 19.8 Å². The van der Waals surface area contributed by atoms with E-state index in [-0.39, 0.29) is 30.1 Å². The Bertz CT molecular complexity index is 447. The van der Waals surface area contributed by atoms with Crippen molar-refractivity contribution in [3.8, 4) is 5.75 Å². The summed E-state index contributed by atoms with van der Waals surface area (Å²) in [6.45, 7) is 5.43. The van der Waals surface area contributed by atoms with Gasteiger partial charge in [0.25, 0.3) is 0 Å². The summed E-state index contributed by atoms with van der Waals surface area (Å²) in [6.07, 6.45) is 1.69. The molecule has 0 unspecified atom stereocenters. The minimum absolute atomic E-state index is 0. The number of halogens is 2. The Kier molecular flexibility index (Phi) is 8.20. The molecule has 0 bridgehead atoms. The third-order valence-corrected chi connectivity index (χ3v) is 3.70. The van der Waals surface area contributed by atoms with Gasteiger partial charge in [-0.2, -0.15) is 0 Å². The van der Waals surface area contributed by atoms with Crippen LogP contribution >= 0.6 is 12.4 Å². The number of ether oxygens (including phenoxy) is 2. The summed E-state index contributed by atoms with van der Waals surface area (Å²) >= 11 is 0. The van der Waals surface area contributed by atoms with Gasteiger partial charge < -0.3 is 9.47 Å². The number of nitrogens with zero attached hydrogens (tertiary/aromatic N) is 1. The molecule has 0 radical (unpaired) electrons. The zero-order valence-corrected chi connectivity index (χ0v) is 13.6. The highest BCUT2D eigenvalue weighted by Gasteiger charge is 2.25. The summed E-state index contributed by atoms with van der Waals surface area (Å²) < 4.78 is 23.4. The quantitative estimate of drug-likeness (QED) is 0.751. The lowest BCUT2D eigenvalue weighted by molar-refractivity contribution is -0.149. The first-order valence-corrected chi connectivity index (χ1v) is 7.46. The summed E-state index contributed by atoms with van der Waals surface area (Å²) in [5.74, 6) is 0.389. The van der Waals surface area contributed by atoms with Gasteiger partial charge in [0.1, 0.15) is 18.2 Å². The van der Waals surface area contributed by atoms with Gasteiger partial charge >= 0.3 is 5.97 Å². The zero-order chi connectivity index (χ0) is 15.1. The molecule has 0 N–H and O–H groups in total. The SMILES string of the molecule is CCOC(=O)C1CCN(CCOc2ccc(F)cc2)CC1.Cl. The molecule has 0 atom stereocenters. The Hall–Kier alpha value is -1.33. The molecule has 1 aromatic rings. The van der Waals surface area contributed by atoms with Gasteiger partial charge in [0.15, 0.2) is 0 Å². The van der Waals surface area contributed by atoms with E-state index >= 15 is 0 Å². The number of benzene rings is 1. The molecule has 0 saturated carbocycles. The molecular formula is C16H23ClFNO3. The maximum absolute atomic E-state index is 12.8. The first-order valence-electron chi connectivity index (χ1n) is 7.46. The maximum Gasteiger partial charge on any atom is 0.309 e. The van der Waals surface area contributed by atoms with Crippen LogP contribution in [-0.4, -0.2) is 43.7 Å². The molecule has 1 aromatic carbocycles. The summed E-state index contributed by atoms with van der Waals surface area (Å²) in [6, 6.07) is 6.03. The average molecular weight is 332 g/mol. The van der Waals surface area contributed by atoms with Gasteiger partial charge in [0.05, 0.1) is 12.5 Å². The number of rotatable bonds is 6. The predicted molar refractivity (Wildman–Crippen MR) is 84.9 cm³/mol. The highest BCUT2D eigenvalue weighted by atomic mass is 35.5. The molecule has 1 aliphatic heterocycles. The summed E-state index contributed by atoms with van der Waals surface area (Å²) in [5.41, 5.74) is 0. The maximum atomic E-state index is 12.8. The first kappa shape index (κ1) is 18.7. The van der Waals surface area contributed by atoms with Crippen molar-refractivity contribution in [2.75, 3.05) is 32.8 Å². The van der Waals surface area contributed by atoms with Gasteiger partial charge in [0, 0.05) is 6.54 Å². The summed E-state index contributed by atoms with van der Waals surface area (Å²) in [7, 11) is 0. The summed E-state index contributed by atoms with van der Waals surface area (Å²) in [5, 5.41) is 0. The van der Waals surface area contributed by atoms with Crippen LogP contribution in [0.5, 0.6) is 5.75 Å². The van der Waals surface area contributed by atoms with Crippen molar-refractivity contribution in [3.63, 3.8) is 0 Å². The monoisotopic (exact) mass is 331 g/mol. The highest BCUT2D eigenvalue weighted by molar-refractivity contribution is 5.85. The van der Waals surface area contributed by atoms with Crippen LogP contribution in [-0.2, 0) is 9.53 Å². The molecule has 0 spiro atoms. The minimum atomic E-state index is -0.261. The molecule has 0 aliphatic carbocycles. The third-order valence-electron chi connectivity index (χ3n) is 3.70. The van der Waals surface area contributed by atoms with Crippen LogP contribution < -0.4 is 4.74 Å². The van der Waals surface area contributed by atoms with E-state index in [0.29, 0.717) is 19.0 Å². The van der Waals surface area contributed by atoms with E-state index < -0.39 is 0 Å². The smallest absolute Gasteiger partial charge is 0.309 e. The Balaban J connectivity index is 0.00000242. The van der Waals surface area contributed by atoms with E-state index in [1.807, 2.05) is 6.92 Å². The summed E-state index contributed by atoms with van der Waals surface area (Å²) in [4.78, 5) is 13.9. The fourth-order valence-corrected chi connectivity index (χ4v) is 2.48. The van der Waals surface area contributed by atoms with Crippen LogP contribution in [0.4, 0.5) is 4.39 Å². The third kappa shape index (κ3) is 5.81. The standard InChI is InChI=1S/C16H22FNO3.ClH/c1-2-20-16(19)13-7-9-18(10-8-13)11-12-21-15-5-3-14(17)4-6-15;/h3-6,13H,2,7-12H2,1H3;1H. The molecule has 1 fully saturated rings. The fourth-order valence-electron chi connectivity index (χ4n) is 2.48. The van der Waals surface area contributed by atoms with E-state index in [0.717, 1.165) is 32.5 Å². The van der Waals surface area contributed by atoms with Crippen molar-refractivity contribution in [3.05, 3.63) is 30.1 Å². The molecule has 1 aliphatic rings. The molecule has 1 saturated heterocycles. The van der Waals surface area contributed by atoms with Crippen LogP contribution in [0.15, 0.2) is 24.3 Å². The number of carbonyl (C=O) groups is 1. The van der Waals surface area contributed by atoms with Crippen LogP contribution in [0.25, 0.3) is 0 Å². The highest BCUT2D eigenvalue weighted by Crippen LogP contribution is 2.18. The van der Waals surface area contributed by atoms with Gasteiger partial charge in [-0.15, -0.1) is 12.4 Å². The Labute approximate surface area is 137 Å². The minimum Gasteiger partial charge on any atom is -0.492 e. The van der Waals surface area contributed by atoms with Crippen LogP contribution in [0.2, 0.25) is 0 Å². The van der Waals surface area contributed by atoms with E-state index in [9.17, 15) is 9.18 Å². The van der Waals surface area contributed by atoms with Crippen molar-refractivity contribution < 1.29 is 18.7 Å². The normalized spacial score (nSPS) is 15.9. The second-order valence-electron chi connectivity index (χ2n) is 5.17. The second kappa shape index (κ2) is 9.64. The van der Waals surface area contributed by atoms with Gasteiger partial charge in [-0.05, 0) is 57.1 Å². The molecule has 0 amide bonds. The van der Waals surface area contributed by atoms with Crippen molar-refractivity contribution in [1.29, 1.82) is 0 Å².